The number of ether oxygens (including phenoxy) is 3. The number of nitrogens with one attached hydrogen (secondary N) is 1. The smallest absolute Gasteiger partial charge is 0.407 e. The third kappa shape index (κ3) is 7.38. The highest BCUT2D eigenvalue weighted by atomic mass is 32.2. The maximum Gasteiger partial charge on any atom is 0.407 e. The highest BCUT2D eigenvalue weighted by Gasteiger charge is 2.44. The van der Waals surface area contributed by atoms with Crippen molar-refractivity contribution in [3.05, 3.63) is 65.7 Å². The lowest BCUT2D eigenvalue weighted by atomic mass is 10.0. The first-order valence-corrected chi connectivity index (χ1v) is 14.6. The quantitative estimate of drug-likeness (QED) is 0.409. The van der Waals surface area contributed by atoms with E-state index in [1.54, 1.807) is 12.1 Å². The summed E-state index contributed by atoms with van der Waals surface area (Å²) in [7, 11) is -3.95. The lowest BCUT2D eigenvalue weighted by molar-refractivity contribution is -0.0907. The van der Waals surface area contributed by atoms with Crippen LogP contribution in [-0.4, -0.2) is 74.8 Å². The molecule has 4 rings (SSSR count). The van der Waals surface area contributed by atoms with Crippen molar-refractivity contribution in [2.24, 2.45) is 11.8 Å². The van der Waals surface area contributed by atoms with Gasteiger partial charge in [0.2, 0.25) is 10.0 Å². The third-order valence-electron chi connectivity index (χ3n) is 6.93. The van der Waals surface area contributed by atoms with E-state index in [1.807, 2.05) is 44.2 Å². The lowest BCUT2D eigenvalue weighted by Gasteiger charge is -2.31. The molecular weight excluding hydrogens is 520 g/mol. The molecule has 0 aromatic heterocycles. The van der Waals surface area contributed by atoms with E-state index in [1.165, 1.54) is 16.4 Å². The zero-order valence-electron chi connectivity index (χ0n) is 22.2. The summed E-state index contributed by atoms with van der Waals surface area (Å²) in [5.41, 5.74) is 1.44. The molecule has 9 nitrogen and oxygen atoms in total. The van der Waals surface area contributed by atoms with Gasteiger partial charge in [-0.3, -0.25) is 0 Å². The van der Waals surface area contributed by atoms with Crippen LogP contribution in [0.2, 0.25) is 0 Å². The maximum atomic E-state index is 13.6. The predicted octanol–water partition coefficient (Wildman–Crippen LogP) is 2.77. The number of rotatable bonds is 11. The summed E-state index contributed by atoms with van der Waals surface area (Å²) in [5.74, 6) is 2.44. The van der Waals surface area contributed by atoms with Crippen molar-refractivity contribution in [2.75, 3.05) is 26.3 Å². The van der Waals surface area contributed by atoms with Crippen molar-refractivity contribution in [3.63, 3.8) is 0 Å². The molecule has 0 saturated carbocycles. The summed E-state index contributed by atoms with van der Waals surface area (Å²) < 4.78 is 45.1. The second kappa shape index (κ2) is 12.9. The number of hydrogen-bond acceptors (Lipinski definition) is 7. The number of fused-ring (bicyclic) bond motifs is 1. The Hall–Kier alpha value is -2.94. The number of sulfonamides is 1. The Morgan fingerprint density at radius 1 is 1.15 bits per heavy atom. The van der Waals surface area contributed by atoms with Crippen molar-refractivity contribution >= 4 is 16.1 Å². The van der Waals surface area contributed by atoms with Gasteiger partial charge in [0.05, 0.1) is 36.2 Å². The van der Waals surface area contributed by atoms with Crippen LogP contribution in [0, 0.1) is 24.2 Å². The number of aliphatic hydroxyl groups excluding tert-OH is 1. The van der Waals surface area contributed by atoms with Gasteiger partial charge in [-0.05, 0) is 48.6 Å². The monoisotopic (exact) mass is 556 g/mol. The summed E-state index contributed by atoms with van der Waals surface area (Å²) in [6, 6.07) is 14.6. The fourth-order valence-corrected chi connectivity index (χ4v) is 6.53. The van der Waals surface area contributed by atoms with E-state index in [0.717, 1.165) is 12.0 Å². The minimum absolute atomic E-state index is 0.00797. The van der Waals surface area contributed by atoms with E-state index in [-0.39, 0.29) is 49.1 Å². The van der Waals surface area contributed by atoms with Crippen LogP contribution in [0.3, 0.4) is 0 Å². The van der Waals surface area contributed by atoms with Crippen molar-refractivity contribution in [3.8, 4) is 12.3 Å². The average Bonchev–Trinajstić information content (AvgIpc) is 3.53. The fraction of sp³-hybridized carbons (Fsp3) is 0.483. The number of aliphatic hydroxyl groups is 1. The van der Waals surface area contributed by atoms with Gasteiger partial charge in [0.1, 0.15) is 6.10 Å². The fourth-order valence-electron chi connectivity index (χ4n) is 4.91. The SMILES string of the molecule is C#Cc1ccc(S(=O)(=O)N(CC(C)C)CC(O)C(Cc2ccccc2)NC(=O)O[C@H]2COC3OCC[C@H]32)cc1. The molecule has 2 aromatic carbocycles. The number of nitrogens with zero attached hydrogens (tertiary/aromatic N) is 1. The van der Waals surface area contributed by atoms with Crippen LogP contribution in [-0.2, 0) is 30.7 Å². The van der Waals surface area contributed by atoms with Crippen LogP contribution >= 0.6 is 0 Å². The molecule has 5 atom stereocenters. The number of benzene rings is 2. The Kier molecular flexibility index (Phi) is 9.64. The number of hydrogen-bond donors (Lipinski definition) is 2. The molecule has 2 aromatic rings. The standard InChI is InChI=1S/C29H36N2O7S/c1-4-21-10-12-23(13-11-21)39(34,35)31(17-20(2)3)18-26(32)25(16-22-8-6-5-7-9-22)30-29(33)38-27-19-37-28-24(27)14-15-36-28/h1,5-13,20,24-28,32H,14-19H2,2-3H3,(H,30,33)/t24-,25?,26?,27-,28?/m0/s1. The molecular formula is C29H36N2O7S. The second-order valence-corrected chi connectivity index (χ2v) is 12.3. The highest BCUT2D eigenvalue weighted by Crippen LogP contribution is 2.33. The second-order valence-electron chi connectivity index (χ2n) is 10.4. The highest BCUT2D eigenvalue weighted by molar-refractivity contribution is 7.89. The minimum Gasteiger partial charge on any atom is -0.443 e. The predicted molar refractivity (Wildman–Crippen MR) is 145 cm³/mol. The van der Waals surface area contributed by atoms with Gasteiger partial charge in [-0.25, -0.2) is 13.2 Å². The van der Waals surface area contributed by atoms with Gasteiger partial charge >= 0.3 is 6.09 Å². The Morgan fingerprint density at radius 2 is 1.87 bits per heavy atom. The Labute approximate surface area is 230 Å². The molecule has 2 heterocycles. The van der Waals surface area contributed by atoms with Gasteiger partial charge in [0.15, 0.2) is 6.29 Å². The summed E-state index contributed by atoms with van der Waals surface area (Å²) in [4.78, 5) is 13.0. The zero-order chi connectivity index (χ0) is 28.0. The first-order valence-electron chi connectivity index (χ1n) is 13.2. The molecule has 0 spiro atoms. The van der Waals surface area contributed by atoms with Crippen LogP contribution in [0.25, 0.3) is 0 Å². The number of carbonyl (C=O) groups is 1. The molecule has 2 N–H and O–H groups in total. The molecule has 1 amide bonds. The molecule has 10 heteroatoms. The van der Waals surface area contributed by atoms with Crippen LogP contribution < -0.4 is 5.32 Å². The molecule has 39 heavy (non-hydrogen) atoms. The van der Waals surface area contributed by atoms with E-state index >= 15 is 0 Å². The van der Waals surface area contributed by atoms with Gasteiger partial charge in [-0.15, -0.1) is 6.42 Å². The van der Waals surface area contributed by atoms with Gasteiger partial charge in [-0.1, -0.05) is 50.1 Å². The molecule has 2 aliphatic heterocycles. The largest absolute Gasteiger partial charge is 0.443 e. The van der Waals surface area contributed by atoms with Gasteiger partial charge in [0, 0.05) is 18.7 Å². The summed E-state index contributed by atoms with van der Waals surface area (Å²) in [6.45, 7) is 4.56. The topological polar surface area (TPSA) is 114 Å². The molecule has 3 unspecified atom stereocenters. The minimum atomic E-state index is -3.95. The maximum absolute atomic E-state index is 13.6. The van der Waals surface area contributed by atoms with E-state index in [4.69, 9.17) is 20.6 Å². The van der Waals surface area contributed by atoms with Gasteiger partial charge in [-0.2, -0.15) is 4.31 Å². The molecule has 2 fully saturated rings. The molecule has 0 bridgehead atoms. The summed E-state index contributed by atoms with van der Waals surface area (Å²) >= 11 is 0. The summed E-state index contributed by atoms with van der Waals surface area (Å²) in [6.07, 6.45) is 3.70. The van der Waals surface area contributed by atoms with Crippen LogP contribution in [0.5, 0.6) is 0 Å². The van der Waals surface area contributed by atoms with Crippen molar-refractivity contribution < 1.29 is 32.5 Å². The Bertz CT molecular complexity index is 1240. The molecule has 2 saturated heterocycles. The van der Waals surface area contributed by atoms with E-state index in [0.29, 0.717) is 12.2 Å². The number of terminal acetylenes is 1. The van der Waals surface area contributed by atoms with Crippen LogP contribution in [0.1, 0.15) is 31.4 Å². The third-order valence-corrected chi connectivity index (χ3v) is 8.77. The van der Waals surface area contributed by atoms with Gasteiger partial charge < -0.3 is 24.6 Å². The molecule has 0 aliphatic carbocycles. The molecule has 2 aliphatic rings. The normalized spacial score (nSPS) is 22.3. The lowest BCUT2D eigenvalue weighted by Crippen LogP contribution is -2.51. The van der Waals surface area contributed by atoms with Gasteiger partial charge in [0.25, 0.3) is 0 Å². The first kappa shape index (κ1) is 29.1. The van der Waals surface area contributed by atoms with Crippen molar-refractivity contribution in [1.82, 2.24) is 9.62 Å². The average molecular weight is 557 g/mol. The molecule has 210 valence electrons. The van der Waals surface area contributed by atoms with E-state index < -0.39 is 34.4 Å². The van der Waals surface area contributed by atoms with E-state index in [9.17, 15) is 18.3 Å². The van der Waals surface area contributed by atoms with Crippen LogP contribution in [0.15, 0.2) is 59.5 Å². The number of amides is 1. The first-order chi connectivity index (χ1) is 18.7. The Morgan fingerprint density at radius 3 is 2.54 bits per heavy atom. The number of alkyl carbamates (subject to hydrolysis) is 1. The van der Waals surface area contributed by atoms with Crippen molar-refractivity contribution in [2.45, 2.75) is 56.1 Å². The number of carbonyl (C=O) groups excluding carboxylic acids is 1. The van der Waals surface area contributed by atoms with Crippen LogP contribution in [0.4, 0.5) is 4.79 Å². The van der Waals surface area contributed by atoms with E-state index in [2.05, 4.69) is 11.2 Å². The van der Waals surface area contributed by atoms with Crippen molar-refractivity contribution in [1.29, 1.82) is 0 Å². The zero-order valence-corrected chi connectivity index (χ0v) is 23.0. The Balaban J connectivity index is 1.51. The summed E-state index contributed by atoms with van der Waals surface area (Å²) in [5, 5.41) is 14.1. The molecule has 0 radical (unpaired) electrons.